The van der Waals surface area contributed by atoms with Gasteiger partial charge in [0.2, 0.25) is 0 Å². The molecule has 2 rings (SSSR count). The normalized spacial score (nSPS) is 20.7. The van der Waals surface area contributed by atoms with Gasteiger partial charge < -0.3 is 5.11 Å². The summed E-state index contributed by atoms with van der Waals surface area (Å²) in [5.41, 5.74) is -0.441. The lowest BCUT2D eigenvalue weighted by Gasteiger charge is -2.32. The van der Waals surface area contributed by atoms with Crippen molar-refractivity contribution in [1.29, 1.82) is 0 Å². The molecule has 0 heterocycles. The van der Waals surface area contributed by atoms with E-state index in [0.29, 0.717) is 18.4 Å². The van der Waals surface area contributed by atoms with Crippen molar-refractivity contribution in [1.82, 2.24) is 0 Å². The minimum absolute atomic E-state index is 0.281. The van der Waals surface area contributed by atoms with Crippen LogP contribution >= 0.6 is 0 Å². The van der Waals surface area contributed by atoms with E-state index in [1.807, 2.05) is 0 Å². The lowest BCUT2D eigenvalue weighted by atomic mass is 9.79. The zero-order valence-electron chi connectivity index (χ0n) is 8.17. The van der Waals surface area contributed by atoms with E-state index >= 15 is 0 Å². The van der Waals surface area contributed by atoms with Crippen molar-refractivity contribution in [2.24, 2.45) is 0 Å². The van der Waals surface area contributed by atoms with Crippen LogP contribution in [0.1, 0.15) is 37.7 Å². The van der Waals surface area contributed by atoms with Crippen molar-refractivity contribution in [3.8, 4) is 0 Å². The summed E-state index contributed by atoms with van der Waals surface area (Å²) in [6.45, 7) is 0. The van der Waals surface area contributed by atoms with E-state index in [4.69, 9.17) is 0 Å². The molecule has 0 aliphatic heterocycles. The standard InChI is InChI=1S/C12H15FO/c13-11-7-3-2-6-10(11)12(14)8-4-1-5-9-12/h2-3,6-7,14H,1,4-5,8-9H2. The largest absolute Gasteiger partial charge is 0.385 e. The van der Waals surface area contributed by atoms with E-state index < -0.39 is 5.60 Å². The van der Waals surface area contributed by atoms with Gasteiger partial charge in [0.15, 0.2) is 0 Å². The summed E-state index contributed by atoms with van der Waals surface area (Å²) in [6.07, 6.45) is 4.51. The van der Waals surface area contributed by atoms with Crippen LogP contribution < -0.4 is 0 Å². The molecule has 1 aromatic carbocycles. The highest BCUT2D eigenvalue weighted by molar-refractivity contribution is 5.24. The highest BCUT2D eigenvalue weighted by atomic mass is 19.1. The van der Waals surface area contributed by atoms with Gasteiger partial charge in [0.05, 0.1) is 5.60 Å². The summed E-state index contributed by atoms with van der Waals surface area (Å²) in [7, 11) is 0. The Labute approximate surface area is 83.6 Å². The van der Waals surface area contributed by atoms with E-state index in [-0.39, 0.29) is 5.82 Å². The SMILES string of the molecule is OC1(c2ccccc2F)CCCCC1. The van der Waals surface area contributed by atoms with Gasteiger partial charge >= 0.3 is 0 Å². The van der Waals surface area contributed by atoms with Gasteiger partial charge in [-0.05, 0) is 18.9 Å². The predicted octanol–water partition coefficient (Wildman–Crippen LogP) is 2.98. The summed E-state index contributed by atoms with van der Waals surface area (Å²) >= 11 is 0. The molecule has 0 atom stereocenters. The maximum Gasteiger partial charge on any atom is 0.129 e. The van der Waals surface area contributed by atoms with Gasteiger partial charge in [-0.2, -0.15) is 0 Å². The second-order valence-electron chi connectivity index (χ2n) is 4.07. The Kier molecular flexibility index (Phi) is 2.55. The molecule has 1 N–H and O–H groups in total. The molecule has 2 heteroatoms. The van der Waals surface area contributed by atoms with Gasteiger partial charge in [0.25, 0.3) is 0 Å². The van der Waals surface area contributed by atoms with Gasteiger partial charge in [0.1, 0.15) is 5.82 Å². The summed E-state index contributed by atoms with van der Waals surface area (Å²) in [5.74, 6) is -0.281. The molecule has 0 saturated heterocycles. The molecule has 76 valence electrons. The van der Waals surface area contributed by atoms with Crippen LogP contribution in [-0.4, -0.2) is 5.11 Å². The van der Waals surface area contributed by atoms with Gasteiger partial charge in [0, 0.05) is 5.56 Å². The molecule has 0 spiro atoms. The van der Waals surface area contributed by atoms with Crippen LogP contribution in [0.4, 0.5) is 4.39 Å². The third kappa shape index (κ3) is 1.67. The topological polar surface area (TPSA) is 20.2 Å². The Morgan fingerprint density at radius 1 is 1.07 bits per heavy atom. The molecule has 0 aromatic heterocycles. The fourth-order valence-corrected chi connectivity index (χ4v) is 2.24. The first-order valence-electron chi connectivity index (χ1n) is 5.20. The number of aliphatic hydroxyl groups is 1. The minimum Gasteiger partial charge on any atom is -0.385 e. The first kappa shape index (κ1) is 9.66. The molecule has 1 saturated carbocycles. The molecule has 0 unspecified atom stereocenters. The smallest absolute Gasteiger partial charge is 0.129 e. The quantitative estimate of drug-likeness (QED) is 0.728. The molecule has 1 aliphatic rings. The Morgan fingerprint density at radius 2 is 1.71 bits per heavy atom. The summed E-state index contributed by atoms with van der Waals surface area (Å²) < 4.78 is 13.5. The van der Waals surface area contributed by atoms with E-state index in [0.717, 1.165) is 19.3 Å². The maximum absolute atomic E-state index is 13.5. The van der Waals surface area contributed by atoms with Crippen molar-refractivity contribution < 1.29 is 9.50 Å². The van der Waals surface area contributed by atoms with Crippen LogP contribution in [0.25, 0.3) is 0 Å². The molecule has 1 aromatic rings. The Morgan fingerprint density at radius 3 is 2.36 bits per heavy atom. The lowest BCUT2D eigenvalue weighted by molar-refractivity contribution is -0.00373. The van der Waals surface area contributed by atoms with E-state index in [1.165, 1.54) is 6.07 Å². The number of rotatable bonds is 1. The van der Waals surface area contributed by atoms with Crippen molar-refractivity contribution in [3.05, 3.63) is 35.6 Å². The molecule has 1 fully saturated rings. The number of halogens is 1. The van der Waals surface area contributed by atoms with Crippen molar-refractivity contribution in [2.75, 3.05) is 0 Å². The zero-order chi connectivity index (χ0) is 10.0. The highest BCUT2D eigenvalue weighted by Crippen LogP contribution is 2.37. The first-order valence-corrected chi connectivity index (χ1v) is 5.20. The third-order valence-electron chi connectivity index (χ3n) is 3.06. The van der Waals surface area contributed by atoms with E-state index in [1.54, 1.807) is 18.2 Å². The van der Waals surface area contributed by atoms with Gasteiger partial charge in [-0.1, -0.05) is 37.5 Å². The van der Waals surface area contributed by atoms with Crippen LogP contribution in [0.15, 0.2) is 24.3 Å². The second-order valence-corrected chi connectivity index (χ2v) is 4.07. The maximum atomic E-state index is 13.5. The van der Waals surface area contributed by atoms with E-state index in [9.17, 15) is 9.50 Å². The zero-order valence-corrected chi connectivity index (χ0v) is 8.17. The van der Waals surface area contributed by atoms with Crippen molar-refractivity contribution >= 4 is 0 Å². The molecule has 0 bridgehead atoms. The molecule has 0 amide bonds. The molecule has 0 radical (unpaired) electrons. The number of hydrogen-bond acceptors (Lipinski definition) is 1. The average Bonchev–Trinajstić information content (AvgIpc) is 2.19. The monoisotopic (exact) mass is 194 g/mol. The molecular formula is C12H15FO. The van der Waals surface area contributed by atoms with Crippen molar-refractivity contribution in [3.63, 3.8) is 0 Å². The van der Waals surface area contributed by atoms with Gasteiger partial charge in [-0.25, -0.2) is 4.39 Å². The lowest BCUT2D eigenvalue weighted by Crippen LogP contribution is -2.29. The van der Waals surface area contributed by atoms with Crippen LogP contribution in [0.2, 0.25) is 0 Å². The van der Waals surface area contributed by atoms with Crippen LogP contribution in [-0.2, 0) is 5.60 Å². The highest BCUT2D eigenvalue weighted by Gasteiger charge is 2.33. The Balaban J connectivity index is 2.32. The molecular weight excluding hydrogens is 179 g/mol. The molecule has 1 aliphatic carbocycles. The van der Waals surface area contributed by atoms with Gasteiger partial charge in [-0.3, -0.25) is 0 Å². The number of benzene rings is 1. The van der Waals surface area contributed by atoms with Gasteiger partial charge in [-0.15, -0.1) is 0 Å². The van der Waals surface area contributed by atoms with Crippen LogP contribution in [0.3, 0.4) is 0 Å². The Bertz CT molecular complexity index is 316. The summed E-state index contributed by atoms with van der Waals surface area (Å²) in [6, 6.07) is 6.55. The minimum atomic E-state index is -0.913. The van der Waals surface area contributed by atoms with Crippen LogP contribution in [0, 0.1) is 5.82 Å². The van der Waals surface area contributed by atoms with Crippen LogP contribution in [0.5, 0.6) is 0 Å². The predicted molar refractivity (Wildman–Crippen MR) is 53.4 cm³/mol. The molecule has 1 nitrogen and oxygen atoms in total. The summed E-state index contributed by atoms with van der Waals surface area (Å²) in [4.78, 5) is 0. The number of hydrogen-bond donors (Lipinski definition) is 1. The average molecular weight is 194 g/mol. The first-order chi connectivity index (χ1) is 6.72. The summed E-state index contributed by atoms with van der Waals surface area (Å²) in [5, 5.41) is 10.3. The fraction of sp³-hybridized carbons (Fsp3) is 0.500. The second kappa shape index (κ2) is 3.70. The third-order valence-corrected chi connectivity index (χ3v) is 3.06. The van der Waals surface area contributed by atoms with E-state index in [2.05, 4.69) is 0 Å². The molecule has 14 heavy (non-hydrogen) atoms. The van der Waals surface area contributed by atoms with Crippen molar-refractivity contribution in [2.45, 2.75) is 37.7 Å². The fourth-order valence-electron chi connectivity index (χ4n) is 2.24. The Hall–Kier alpha value is -0.890.